The van der Waals surface area contributed by atoms with Gasteiger partial charge in [0.15, 0.2) is 0 Å². The zero-order chi connectivity index (χ0) is 42.5. The van der Waals surface area contributed by atoms with Crippen LogP contribution in [-0.4, -0.2) is 74.9 Å². The average Bonchev–Trinajstić information content (AvgIpc) is 3.79. The van der Waals surface area contributed by atoms with Crippen LogP contribution in [0.2, 0.25) is 0 Å². The normalized spacial score (nSPS) is 11.4. The standard InChI is InChI=1S/C20H21N3O2.C12H13N3O.2C2H6.5F2.FH/c1-3-22-12-11-17-19-16(20(22)24)5-4-6-18(19)23(21-17)13-14-7-9-15(25-2)10-8-14;1-2-15-7-6-10-11-8(12(15)16)4-3-5-9(11)13-14-10;7*1-2;/h4-10H,3,11-13H2,1-2H3;3-5H,2,6-7H2,1H3,(H,13,14);2*1-2H3;;;;;;1H. The molecule has 1 N–H and O–H groups in total. The van der Waals surface area contributed by atoms with Crippen molar-refractivity contribution in [3.05, 3.63) is 88.7 Å². The van der Waals surface area contributed by atoms with E-state index in [1.807, 2.05) is 117 Å². The molecule has 316 valence electrons. The monoisotopic (exact) mass is 820 g/mol. The van der Waals surface area contributed by atoms with E-state index < -0.39 is 0 Å². The quantitative estimate of drug-likeness (QED) is 0.178. The highest BCUT2D eigenvalue weighted by atomic mass is 20.0. The van der Waals surface area contributed by atoms with Gasteiger partial charge in [-0.25, -0.2) is 0 Å². The number of hydrogen-bond donors (Lipinski definition) is 1. The summed E-state index contributed by atoms with van der Waals surface area (Å²) in [5, 5.41) is 14.1. The highest BCUT2D eigenvalue weighted by Gasteiger charge is 2.26. The van der Waals surface area contributed by atoms with Crippen LogP contribution in [0, 0.1) is 0 Å². The van der Waals surface area contributed by atoms with E-state index in [0.717, 1.165) is 94.7 Å². The molecule has 7 rings (SSSR count). The van der Waals surface area contributed by atoms with Crippen molar-refractivity contribution in [3.63, 3.8) is 0 Å². The predicted octanol–water partition coefficient (Wildman–Crippen LogP) is 11.1. The van der Waals surface area contributed by atoms with Gasteiger partial charge >= 0.3 is 0 Å². The van der Waals surface area contributed by atoms with E-state index in [1.54, 1.807) is 7.11 Å². The Morgan fingerprint density at radius 2 is 1.16 bits per heavy atom. The predicted molar refractivity (Wildman–Crippen MR) is 195 cm³/mol. The van der Waals surface area contributed by atoms with Crippen LogP contribution in [0.5, 0.6) is 5.75 Å². The number of hydrogen-bond acceptors (Lipinski definition) is 5. The van der Waals surface area contributed by atoms with Gasteiger partial charge < -0.3 is 14.5 Å². The molecule has 9 nitrogen and oxygen atoms in total. The second-order valence-electron chi connectivity index (χ2n) is 10.3. The van der Waals surface area contributed by atoms with Crippen molar-refractivity contribution in [3.8, 4) is 5.75 Å². The van der Waals surface area contributed by atoms with Crippen LogP contribution in [-0.2, 0) is 19.4 Å². The molecule has 3 aromatic carbocycles. The number of nitrogens with one attached hydrogen (secondary N) is 1. The second kappa shape index (κ2) is 31.9. The first-order chi connectivity index (χ1) is 27.0. The van der Waals surface area contributed by atoms with Crippen molar-refractivity contribution in [2.45, 2.75) is 60.9 Å². The van der Waals surface area contributed by atoms with Gasteiger partial charge in [0.2, 0.25) is 0 Å². The molecule has 0 saturated carbocycles. The van der Waals surface area contributed by atoms with Gasteiger partial charge in [0.1, 0.15) is 5.75 Å². The maximum Gasteiger partial charge on any atom is 0.254 e. The summed E-state index contributed by atoms with van der Waals surface area (Å²) < 4.78 is 87.2. The van der Waals surface area contributed by atoms with Gasteiger partial charge in [-0.3, -0.25) is 24.1 Å². The smallest absolute Gasteiger partial charge is 0.254 e. The van der Waals surface area contributed by atoms with Crippen molar-refractivity contribution in [1.29, 1.82) is 0 Å². The van der Waals surface area contributed by atoms with Gasteiger partial charge in [0, 0.05) is 101 Å². The van der Waals surface area contributed by atoms with Crippen LogP contribution in [0.15, 0.2) is 60.7 Å². The highest BCUT2D eigenvalue weighted by Crippen LogP contribution is 2.28. The maximum absolute atomic E-state index is 12.8. The Morgan fingerprint density at radius 1 is 0.679 bits per heavy atom. The molecular weight excluding hydrogens is 773 g/mol. The number of halogens is 11. The summed E-state index contributed by atoms with van der Waals surface area (Å²) in [4.78, 5) is 28.8. The maximum atomic E-state index is 12.8. The van der Waals surface area contributed by atoms with Gasteiger partial charge in [-0.1, -0.05) is 52.0 Å². The summed E-state index contributed by atoms with van der Waals surface area (Å²) in [5.74, 6) is 1.07. The van der Waals surface area contributed by atoms with Gasteiger partial charge in [-0.2, -0.15) is 10.2 Å². The Labute approximate surface area is 316 Å². The first-order valence-corrected chi connectivity index (χ1v) is 16.9. The number of amides is 2. The third-order valence-corrected chi connectivity index (χ3v) is 8.05. The van der Waals surface area contributed by atoms with Crippen molar-refractivity contribution < 1.29 is 64.8 Å². The zero-order valence-electron chi connectivity index (χ0n) is 31.9. The van der Waals surface area contributed by atoms with E-state index in [9.17, 15) is 9.59 Å². The lowest BCUT2D eigenvalue weighted by molar-refractivity contribution is 0.0763. The Kier molecular flexibility index (Phi) is 31.3. The number of rotatable bonds is 5. The topological polar surface area (TPSA) is 96.4 Å². The Morgan fingerprint density at radius 3 is 1.66 bits per heavy atom. The van der Waals surface area contributed by atoms with Crippen LogP contribution in [0.4, 0.5) is 50.4 Å². The van der Waals surface area contributed by atoms with Crippen molar-refractivity contribution in [1.82, 2.24) is 29.8 Å². The zero-order valence-corrected chi connectivity index (χ0v) is 31.9. The molecule has 0 radical (unpaired) electrons. The second-order valence-corrected chi connectivity index (χ2v) is 10.3. The van der Waals surface area contributed by atoms with E-state index >= 15 is 0 Å². The fourth-order valence-electron chi connectivity index (χ4n) is 5.81. The Hall–Kier alpha value is -5.43. The molecule has 0 unspecified atom stereocenters. The molecule has 5 aromatic rings. The summed E-state index contributed by atoms with van der Waals surface area (Å²) in [5.41, 5.74) is 6.71. The average molecular weight is 821 g/mol. The van der Waals surface area contributed by atoms with Crippen molar-refractivity contribution in [2.75, 3.05) is 33.3 Å². The lowest BCUT2D eigenvalue weighted by Gasteiger charge is -2.18. The van der Waals surface area contributed by atoms with Gasteiger partial charge in [-0.15, -0.1) is 0 Å². The van der Waals surface area contributed by atoms with Crippen LogP contribution in [0.1, 0.15) is 79.2 Å². The molecule has 0 atom stereocenters. The number of carbonyl (C=O) groups excluding carboxylic acids is 2. The number of benzene rings is 3. The van der Waals surface area contributed by atoms with Gasteiger partial charge in [0.25, 0.3) is 11.8 Å². The summed E-state index contributed by atoms with van der Waals surface area (Å²) in [6, 6.07) is 19.6. The molecule has 2 amide bonds. The first-order valence-electron chi connectivity index (χ1n) is 16.9. The van der Waals surface area contributed by atoms with Crippen LogP contribution >= 0.6 is 0 Å². The fourth-order valence-corrected chi connectivity index (χ4v) is 5.81. The molecule has 0 saturated heterocycles. The molecule has 0 spiro atoms. The third kappa shape index (κ3) is 13.7. The van der Waals surface area contributed by atoms with E-state index in [2.05, 4.69) is 10.2 Å². The first kappa shape index (κ1) is 54.9. The van der Waals surface area contributed by atoms with Gasteiger partial charge in [-0.05, 0) is 55.8 Å². The van der Waals surface area contributed by atoms with E-state index in [4.69, 9.17) is 55.6 Å². The SMILES string of the molecule is CC.CC.CCN1CCc2[nH]nc3cccc(c23)C1=O.CCN1CCc2nn(Cc3ccc(OC)cc3)c3cccc(c23)C1=O.F.FF.FF.FF.FF.FF. The molecule has 56 heavy (non-hydrogen) atoms. The highest BCUT2D eigenvalue weighted by molar-refractivity contribution is 6.08. The molecule has 0 aliphatic carbocycles. The minimum atomic E-state index is 0. The lowest BCUT2D eigenvalue weighted by atomic mass is 10.1. The summed E-state index contributed by atoms with van der Waals surface area (Å²) in [6.07, 6.45) is 1.65. The minimum absolute atomic E-state index is 0. The van der Waals surface area contributed by atoms with Crippen molar-refractivity contribution in [2.24, 2.45) is 0 Å². The summed E-state index contributed by atoms with van der Waals surface area (Å²) >= 11 is 0. The molecular formula is C36H47F11N6O3. The number of carbonyl (C=O) groups is 2. The minimum Gasteiger partial charge on any atom is -0.497 e. The number of H-pyrrole nitrogens is 1. The molecule has 0 fully saturated rings. The summed E-state index contributed by atoms with van der Waals surface area (Å²) in [6.45, 7) is 15.7. The number of aromatic amines is 1. The number of ether oxygens (including phenoxy) is 1. The van der Waals surface area contributed by atoms with E-state index in [0.29, 0.717) is 6.54 Å². The van der Waals surface area contributed by atoms with Crippen LogP contribution in [0.3, 0.4) is 0 Å². The molecule has 2 aromatic heterocycles. The third-order valence-electron chi connectivity index (χ3n) is 8.05. The number of aromatic nitrogens is 4. The largest absolute Gasteiger partial charge is 0.497 e. The summed E-state index contributed by atoms with van der Waals surface area (Å²) in [7, 11) is 1.67. The van der Waals surface area contributed by atoms with Crippen LogP contribution < -0.4 is 4.74 Å². The molecule has 0 bridgehead atoms. The van der Waals surface area contributed by atoms with E-state index in [1.165, 1.54) is 0 Å². The Bertz CT molecular complexity index is 1780. The lowest BCUT2D eigenvalue weighted by Crippen LogP contribution is -2.31. The molecule has 2 aliphatic heterocycles. The molecule has 4 heterocycles. The number of nitrogens with zero attached hydrogens (tertiary/aromatic N) is 5. The Balaban J connectivity index is -0.000000786. The molecule has 2 aliphatic rings. The number of methoxy groups -OCH3 is 1. The fraction of sp³-hybridized carbons (Fsp3) is 0.389. The molecule has 20 heteroatoms. The number of likely N-dealkylation sites (N-methyl/N-ethyl adjacent to an activating group) is 2. The van der Waals surface area contributed by atoms with Crippen LogP contribution in [0.25, 0.3) is 21.8 Å². The van der Waals surface area contributed by atoms with E-state index in [-0.39, 0.29) is 16.5 Å². The van der Waals surface area contributed by atoms with Crippen molar-refractivity contribution >= 4 is 33.6 Å². The van der Waals surface area contributed by atoms with Gasteiger partial charge in [0.05, 0.1) is 41.5 Å².